The van der Waals surface area contributed by atoms with Crippen LogP contribution in [0.25, 0.3) is 65.5 Å². The molecule has 1 aliphatic rings. The van der Waals surface area contributed by atoms with Crippen LogP contribution >= 0.6 is 18.8 Å². The molecule has 0 amide bonds. The van der Waals surface area contributed by atoms with E-state index in [1.54, 1.807) is 11.3 Å². The molecular weight excluding hydrogens is 762 g/mol. The largest absolute Gasteiger partial charge is 0.301 e. The molecule has 59 heavy (non-hydrogen) atoms. The molecule has 0 saturated heterocycles. The quantitative estimate of drug-likeness (QED) is 0.150. The Morgan fingerprint density at radius 3 is 1.32 bits per heavy atom. The Bertz CT molecular complexity index is 3140. The van der Waals surface area contributed by atoms with Crippen molar-refractivity contribution in [2.75, 3.05) is 9.34 Å². The number of nitrogens with zero attached hydrogens (tertiary/aromatic N) is 5. The molecule has 10 aromatic rings. The lowest BCUT2D eigenvalue weighted by Gasteiger charge is -2.33. The summed E-state index contributed by atoms with van der Waals surface area (Å²) in [4.78, 5) is 14.8. The second kappa shape index (κ2) is 14.3. The van der Waals surface area contributed by atoms with Crippen LogP contribution in [-0.4, -0.2) is 15.0 Å². The molecule has 8 heteroatoms. The normalized spacial score (nSPS) is 14.8. The van der Waals surface area contributed by atoms with Gasteiger partial charge in [0.1, 0.15) is 0 Å². The Balaban J connectivity index is 1.02. The van der Waals surface area contributed by atoms with Gasteiger partial charge in [-0.15, -0.1) is 11.3 Å². The summed E-state index contributed by atoms with van der Waals surface area (Å²) < 4.78 is 22.4. The van der Waals surface area contributed by atoms with Crippen molar-refractivity contribution in [1.82, 2.24) is 15.0 Å². The van der Waals surface area contributed by atoms with Gasteiger partial charge in [0.2, 0.25) is 0 Å². The lowest BCUT2D eigenvalue weighted by atomic mass is 10.0. The molecule has 2 aromatic heterocycles. The number of benzene rings is 8. The maximum absolute atomic E-state index is 16.0. The Hall–Kier alpha value is -7.18. The van der Waals surface area contributed by atoms with E-state index in [1.807, 2.05) is 156 Å². The van der Waals surface area contributed by atoms with E-state index in [9.17, 15) is 0 Å². The minimum absolute atomic E-state index is 0.635. The zero-order valence-electron chi connectivity index (χ0n) is 31.6. The van der Waals surface area contributed by atoms with Gasteiger partial charge in [0.25, 0.3) is 0 Å². The lowest BCUT2D eigenvalue weighted by molar-refractivity contribution is 0.582. The molecule has 0 saturated carbocycles. The number of fused-ring (bicyclic) bond motifs is 4. The number of hydrogen-bond acceptors (Lipinski definition) is 5. The molecule has 0 radical (unpaired) electrons. The number of para-hydroxylation sites is 2. The molecule has 0 N–H and O–H groups in total. The summed E-state index contributed by atoms with van der Waals surface area (Å²) in [5.74, 6) is 1.92. The van der Waals surface area contributed by atoms with Gasteiger partial charge in [0.15, 0.2) is 17.5 Å². The van der Waals surface area contributed by atoms with Crippen LogP contribution in [0.4, 0.5) is 22.7 Å². The van der Waals surface area contributed by atoms with Crippen molar-refractivity contribution < 1.29 is 4.57 Å². The third kappa shape index (κ3) is 6.02. The monoisotopic (exact) mass is 795 g/mol. The predicted octanol–water partition coefficient (Wildman–Crippen LogP) is 13.7. The minimum atomic E-state index is -3.46. The number of rotatable bonds is 7. The number of hydrogen-bond donors (Lipinski definition) is 0. The topological polar surface area (TPSA) is 62.2 Å². The van der Waals surface area contributed by atoms with Gasteiger partial charge >= 0.3 is 7.44 Å². The fraction of sp³-hybridized carbons (Fsp3) is 0. The molecule has 0 spiro atoms. The molecule has 11 rings (SSSR count). The lowest BCUT2D eigenvalue weighted by Crippen LogP contribution is -2.26. The van der Waals surface area contributed by atoms with Gasteiger partial charge in [0.05, 0.1) is 16.7 Å². The van der Waals surface area contributed by atoms with E-state index in [0.29, 0.717) is 17.5 Å². The molecule has 280 valence electrons. The summed E-state index contributed by atoms with van der Waals surface area (Å²) in [7, 11) is -3.46. The van der Waals surface area contributed by atoms with Crippen molar-refractivity contribution >= 4 is 67.0 Å². The van der Waals surface area contributed by atoms with Crippen LogP contribution in [0.1, 0.15) is 0 Å². The van der Waals surface area contributed by atoms with Gasteiger partial charge in [-0.1, -0.05) is 146 Å². The molecule has 3 heterocycles. The average molecular weight is 796 g/mol. The summed E-state index contributed by atoms with van der Waals surface area (Å²) in [6, 6.07) is 69.8. The van der Waals surface area contributed by atoms with Gasteiger partial charge in [0, 0.05) is 48.2 Å². The molecule has 1 aliphatic heterocycles. The molecule has 0 aliphatic carbocycles. The Morgan fingerprint density at radius 1 is 0.373 bits per heavy atom. The van der Waals surface area contributed by atoms with Crippen molar-refractivity contribution in [3.63, 3.8) is 0 Å². The van der Waals surface area contributed by atoms with Crippen LogP contribution in [-0.2, 0) is 4.57 Å². The average Bonchev–Trinajstić information content (AvgIpc) is 3.81. The van der Waals surface area contributed by atoms with Crippen molar-refractivity contribution in [3.05, 3.63) is 206 Å². The first-order valence-electron chi connectivity index (χ1n) is 19.5. The minimum Gasteiger partial charge on any atom is -0.270 e. The summed E-state index contributed by atoms with van der Waals surface area (Å²) in [5.41, 5.74) is 8.50. The number of anilines is 4. The standard InChI is InChI=1S/C51H34N5OPS/c57-58(42-24-14-5-15-25-42)55(40-20-10-3-11-21-40)45-31-28-37(32-46(45)56(58)41-22-12-4-13-23-41)38-26-29-43-44-30-27-39(34-48(44)59-47(43)33-38)51-53-49(35-16-6-1-7-17-35)52-50(54-51)36-18-8-2-9-19-36/h1-34H. The number of aromatic nitrogens is 3. The second-order valence-electron chi connectivity index (χ2n) is 14.4. The molecule has 8 aromatic carbocycles. The van der Waals surface area contributed by atoms with Crippen molar-refractivity contribution in [1.29, 1.82) is 0 Å². The number of thiophene rings is 1. The zero-order valence-corrected chi connectivity index (χ0v) is 33.3. The maximum atomic E-state index is 16.0. The smallest absolute Gasteiger partial charge is 0.270 e. The van der Waals surface area contributed by atoms with Gasteiger partial charge in [-0.2, -0.15) is 0 Å². The fourth-order valence-electron chi connectivity index (χ4n) is 8.05. The first kappa shape index (κ1) is 35.0. The van der Waals surface area contributed by atoms with Crippen LogP contribution in [0, 0.1) is 0 Å². The summed E-state index contributed by atoms with van der Waals surface area (Å²) in [5, 5.41) is 3.15. The molecule has 1 atom stereocenters. The van der Waals surface area contributed by atoms with E-state index in [4.69, 9.17) is 15.0 Å². The first-order chi connectivity index (χ1) is 29.1. The van der Waals surface area contributed by atoms with Crippen molar-refractivity contribution in [2.24, 2.45) is 0 Å². The van der Waals surface area contributed by atoms with Gasteiger partial charge < -0.3 is 0 Å². The van der Waals surface area contributed by atoms with E-state index in [-0.39, 0.29) is 0 Å². The molecule has 0 bridgehead atoms. The maximum Gasteiger partial charge on any atom is 0.301 e. The van der Waals surface area contributed by atoms with E-state index in [1.165, 1.54) is 15.5 Å². The zero-order chi connectivity index (χ0) is 39.3. The van der Waals surface area contributed by atoms with Gasteiger partial charge in [-0.25, -0.2) is 15.0 Å². The van der Waals surface area contributed by atoms with Gasteiger partial charge in [-0.3, -0.25) is 13.9 Å². The van der Waals surface area contributed by atoms with E-state index in [0.717, 1.165) is 60.6 Å². The predicted molar refractivity (Wildman–Crippen MR) is 245 cm³/mol. The van der Waals surface area contributed by atoms with Crippen molar-refractivity contribution in [2.45, 2.75) is 0 Å². The Kier molecular flexibility index (Phi) is 8.51. The first-order valence-corrected chi connectivity index (χ1v) is 21.9. The third-order valence-electron chi connectivity index (χ3n) is 10.8. The molecule has 1 unspecified atom stereocenters. The summed E-state index contributed by atoms with van der Waals surface area (Å²) in [6.07, 6.45) is 0. The summed E-state index contributed by atoms with van der Waals surface area (Å²) >= 11 is 1.76. The van der Waals surface area contributed by atoms with Crippen LogP contribution in [0.3, 0.4) is 0 Å². The van der Waals surface area contributed by atoms with Crippen LogP contribution < -0.4 is 14.6 Å². The van der Waals surface area contributed by atoms with Crippen molar-refractivity contribution in [3.8, 4) is 45.3 Å². The van der Waals surface area contributed by atoms with E-state index >= 15 is 4.57 Å². The van der Waals surface area contributed by atoms with Crippen LogP contribution in [0.2, 0.25) is 0 Å². The van der Waals surface area contributed by atoms with Crippen LogP contribution in [0.5, 0.6) is 0 Å². The highest BCUT2D eigenvalue weighted by Gasteiger charge is 2.49. The van der Waals surface area contributed by atoms with Crippen LogP contribution in [0.15, 0.2) is 206 Å². The van der Waals surface area contributed by atoms with Gasteiger partial charge in [-0.05, 0) is 71.8 Å². The Morgan fingerprint density at radius 2 is 0.780 bits per heavy atom. The SMILES string of the molecule is O=P1(c2ccccc2)N(c2ccccc2)c2ccc(-c3ccc4c(c3)sc3cc(-c5nc(-c6ccccc6)nc(-c6ccccc6)n5)ccc34)cc2N1c1ccccc1. The molecule has 0 fully saturated rings. The second-order valence-corrected chi connectivity index (χ2v) is 17.9. The summed E-state index contributed by atoms with van der Waals surface area (Å²) in [6.45, 7) is 0. The van der Waals surface area contributed by atoms with E-state index in [2.05, 4.69) is 59.3 Å². The molecular formula is C51H34N5OPS. The highest BCUT2D eigenvalue weighted by Crippen LogP contribution is 2.70. The highest BCUT2D eigenvalue weighted by atomic mass is 32.1. The Labute approximate surface area is 345 Å². The van der Waals surface area contributed by atoms with E-state index < -0.39 is 7.44 Å². The fourth-order valence-corrected chi connectivity index (χ4v) is 12.2. The third-order valence-corrected chi connectivity index (χ3v) is 14.9. The highest BCUT2D eigenvalue weighted by molar-refractivity contribution is 7.76. The molecule has 6 nitrogen and oxygen atoms in total.